The van der Waals surface area contributed by atoms with Crippen LogP contribution in [0, 0.1) is 17.1 Å². The summed E-state index contributed by atoms with van der Waals surface area (Å²) in [7, 11) is 0. The molecule has 0 unspecified atom stereocenters. The van der Waals surface area contributed by atoms with Crippen molar-refractivity contribution >= 4 is 29.3 Å². The third-order valence-corrected chi connectivity index (χ3v) is 2.08. The molecule has 0 heterocycles. The first kappa shape index (κ1) is 11.0. The van der Waals surface area contributed by atoms with E-state index in [-0.39, 0.29) is 10.0 Å². The van der Waals surface area contributed by atoms with E-state index in [0.717, 1.165) is 0 Å². The van der Waals surface area contributed by atoms with E-state index in [9.17, 15) is 4.39 Å². The SMILES string of the molecule is N#CCC=Cc1cc(Cl)c(F)c(Cl)c1. The molecule has 0 aromatic heterocycles. The Kier molecular flexibility index (Phi) is 3.94. The maximum absolute atomic E-state index is 13.0. The van der Waals surface area contributed by atoms with Crippen LogP contribution in [0.1, 0.15) is 12.0 Å². The van der Waals surface area contributed by atoms with E-state index in [2.05, 4.69) is 0 Å². The van der Waals surface area contributed by atoms with Gasteiger partial charge in [-0.3, -0.25) is 0 Å². The van der Waals surface area contributed by atoms with Crippen molar-refractivity contribution in [2.45, 2.75) is 6.42 Å². The summed E-state index contributed by atoms with van der Waals surface area (Å²) >= 11 is 11.1. The summed E-state index contributed by atoms with van der Waals surface area (Å²) in [4.78, 5) is 0. The quantitative estimate of drug-likeness (QED) is 0.702. The minimum absolute atomic E-state index is 0.0193. The summed E-state index contributed by atoms with van der Waals surface area (Å²) in [5, 5.41) is 8.25. The van der Waals surface area contributed by atoms with E-state index in [4.69, 9.17) is 28.5 Å². The van der Waals surface area contributed by atoms with Gasteiger partial charge >= 0.3 is 0 Å². The first-order valence-electron chi connectivity index (χ1n) is 3.83. The van der Waals surface area contributed by atoms with Gasteiger partial charge in [-0.25, -0.2) is 4.39 Å². The Bertz CT molecular complexity index is 384. The number of benzene rings is 1. The maximum atomic E-state index is 13.0. The summed E-state index contributed by atoms with van der Waals surface area (Å²) in [6.45, 7) is 0. The highest BCUT2D eigenvalue weighted by Crippen LogP contribution is 2.25. The molecule has 14 heavy (non-hydrogen) atoms. The third-order valence-electron chi connectivity index (χ3n) is 1.53. The Morgan fingerprint density at radius 1 is 1.36 bits per heavy atom. The van der Waals surface area contributed by atoms with Gasteiger partial charge in [0.05, 0.1) is 22.5 Å². The monoisotopic (exact) mass is 229 g/mol. The van der Waals surface area contributed by atoms with Crippen LogP contribution in [0.15, 0.2) is 18.2 Å². The Balaban J connectivity index is 2.96. The first-order valence-corrected chi connectivity index (χ1v) is 4.58. The molecule has 0 spiro atoms. The van der Waals surface area contributed by atoms with Crippen molar-refractivity contribution in [3.05, 3.63) is 39.6 Å². The van der Waals surface area contributed by atoms with Crippen molar-refractivity contribution in [1.29, 1.82) is 5.26 Å². The summed E-state index contributed by atoms with van der Waals surface area (Å²) < 4.78 is 13.0. The van der Waals surface area contributed by atoms with Crippen LogP contribution in [0.5, 0.6) is 0 Å². The molecule has 0 aliphatic rings. The van der Waals surface area contributed by atoms with Crippen molar-refractivity contribution < 1.29 is 4.39 Å². The number of allylic oxidation sites excluding steroid dienone is 1. The minimum Gasteiger partial charge on any atom is -0.204 e. The van der Waals surface area contributed by atoms with Crippen LogP contribution in [0.2, 0.25) is 10.0 Å². The molecule has 0 saturated heterocycles. The van der Waals surface area contributed by atoms with E-state index in [1.807, 2.05) is 6.07 Å². The first-order chi connectivity index (χ1) is 6.65. The lowest BCUT2D eigenvalue weighted by Crippen LogP contribution is -1.81. The zero-order valence-corrected chi connectivity index (χ0v) is 8.61. The van der Waals surface area contributed by atoms with Gasteiger partial charge in [-0.15, -0.1) is 0 Å². The number of hydrogen-bond donors (Lipinski definition) is 0. The lowest BCUT2D eigenvalue weighted by atomic mass is 10.2. The second-order valence-electron chi connectivity index (χ2n) is 2.56. The molecule has 0 bridgehead atoms. The topological polar surface area (TPSA) is 23.8 Å². The molecule has 0 atom stereocenters. The second-order valence-corrected chi connectivity index (χ2v) is 3.38. The van der Waals surface area contributed by atoms with Gasteiger partial charge in [-0.2, -0.15) is 5.26 Å². The predicted octanol–water partition coefficient (Wildman–Crippen LogP) is 4.06. The zero-order chi connectivity index (χ0) is 10.6. The molecule has 0 fully saturated rings. The summed E-state index contributed by atoms with van der Waals surface area (Å²) in [6, 6.07) is 4.86. The number of rotatable bonds is 2. The van der Waals surface area contributed by atoms with Crippen molar-refractivity contribution in [2.24, 2.45) is 0 Å². The Hall–Kier alpha value is -1.04. The highest BCUT2D eigenvalue weighted by molar-refractivity contribution is 6.35. The van der Waals surface area contributed by atoms with Crippen LogP contribution in [0.4, 0.5) is 4.39 Å². The number of hydrogen-bond acceptors (Lipinski definition) is 1. The highest BCUT2D eigenvalue weighted by atomic mass is 35.5. The number of nitriles is 1. The van der Waals surface area contributed by atoms with E-state index in [0.29, 0.717) is 12.0 Å². The zero-order valence-electron chi connectivity index (χ0n) is 7.10. The molecule has 0 N–H and O–H groups in total. The summed E-state index contributed by atoms with van der Waals surface area (Å²) in [6.07, 6.45) is 3.62. The third kappa shape index (κ3) is 2.73. The van der Waals surface area contributed by atoms with Crippen molar-refractivity contribution in [3.63, 3.8) is 0 Å². The van der Waals surface area contributed by atoms with Crippen molar-refractivity contribution in [3.8, 4) is 6.07 Å². The smallest absolute Gasteiger partial charge is 0.160 e. The molecule has 72 valence electrons. The maximum Gasteiger partial charge on any atom is 0.160 e. The molecular weight excluding hydrogens is 224 g/mol. The van der Waals surface area contributed by atoms with E-state index >= 15 is 0 Å². The Morgan fingerprint density at radius 3 is 2.43 bits per heavy atom. The van der Waals surface area contributed by atoms with Gasteiger partial charge in [-0.1, -0.05) is 35.4 Å². The number of nitrogens with zero attached hydrogens (tertiary/aromatic N) is 1. The lowest BCUT2D eigenvalue weighted by Gasteiger charge is -1.99. The molecule has 1 aromatic rings. The number of halogens is 3. The van der Waals surface area contributed by atoms with Gasteiger partial charge in [0.25, 0.3) is 0 Å². The second kappa shape index (κ2) is 4.99. The van der Waals surface area contributed by atoms with Gasteiger partial charge in [-0.05, 0) is 17.7 Å². The molecule has 4 heteroatoms. The van der Waals surface area contributed by atoms with Gasteiger partial charge < -0.3 is 0 Å². The molecule has 1 nitrogen and oxygen atoms in total. The summed E-state index contributed by atoms with van der Waals surface area (Å²) in [5.41, 5.74) is 0.677. The lowest BCUT2D eigenvalue weighted by molar-refractivity contribution is 0.628. The van der Waals surface area contributed by atoms with Crippen LogP contribution in [0.3, 0.4) is 0 Å². The largest absolute Gasteiger partial charge is 0.204 e. The molecule has 1 rings (SSSR count). The predicted molar refractivity (Wildman–Crippen MR) is 55.7 cm³/mol. The van der Waals surface area contributed by atoms with Crippen molar-refractivity contribution in [2.75, 3.05) is 0 Å². The molecule has 0 radical (unpaired) electrons. The van der Waals surface area contributed by atoms with Gasteiger partial charge in [0.1, 0.15) is 0 Å². The Labute approximate surface area is 91.4 Å². The molecular formula is C10H6Cl2FN. The van der Waals surface area contributed by atoms with Gasteiger partial charge in [0.2, 0.25) is 0 Å². The van der Waals surface area contributed by atoms with Crippen molar-refractivity contribution in [1.82, 2.24) is 0 Å². The minimum atomic E-state index is -0.620. The summed E-state index contributed by atoms with van der Waals surface area (Å²) in [5.74, 6) is -0.620. The molecule has 0 saturated carbocycles. The van der Waals surface area contributed by atoms with Gasteiger partial charge in [0.15, 0.2) is 5.82 Å². The molecule has 0 amide bonds. The molecule has 1 aromatic carbocycles. The van der Waals surface area contributed by atoms with E-state index in [1.165, 1.54) is 12.1 Å². The molecule has 0 aliphatic carbocycles. The fourth-order valence-corrected chi connectivity index (χ4v) is 1.42. The van der Waals surface area contributed by atoms with Gasteiger partial charge in [0, 0.05) is 0 Å². The van der Waals surface area contributed by atoms with Crippen LogP contribution in [-0.2, 0) is 0 Å². The van der Waals surface area contributed by atoms with Crippen LogP contribution in [0.25, 0.3) is 6.08 Å². The van der Waals surface area contributed by atoms with E-state index in [1.54, 1.807) is 12.2 Å². The van der Waals surface area contributed by atoms with Crippen LogP contribution in [-0.4, -0.2) is 0 Å². The van der Waals surface area contributed by atoms with E-state index < -0.39 is 5.82 Å². The highest BCUT2D eigenvalue weighted by Gasteiger charge is 2.05. The average molecular weight is 230 g/mol. The van der Waals surface area contributed by atoms with Crippen LogP contribution < -0.4 is 0 Å². The fraction of sp³-hybridized carbons (Fsp3) is 0.100. The normalized spacial score (nSPS) is 10.4. The average Bonchev–Trinajstić information content (AvgIpc) is 2.14. The fourth-order valence-electron chi connectivity index (χ4n) is 0.919. The van der Waals surface area contributed by atoms with Crippen LogP contribution >= 0.6 is 23.2 Å². The standard InChI is InChI=1S/C10H6Cl2FN/c11-8-5-7(3-1-2-4-14)6-9(12)10(8)13/h1,3,5-6H,2H2. The molecule has 0 aliphatic heterocycles. The Morgan fingerprint density at radius 2 is 1.93 bits per heavy atom.